The molecule has 0 heterocycles. The van der Waals surface area contributed by atoms with Gasteiger partial charge in [0.2, 0.25) is 0 Å². The Bertz CT molecular complexity index is 654. The average Bonchev–Trinajstić information content (AvgIpc) is 2.50. The van der Waals surface area contributed by atoms with Gasteiger partial charge in [0.15, 0.2) is 14.1 Å². The van der Waals surface area contributed by atoms with Gasteiger partial charge in [0.25, 0.3) is 0 Å². The Hall–Kier alpha value is -1.19. The van der Waals surface area contributed by atoms with Crippen LogP contribution < -0.4 is 0 Å². The molecule has 0 spiro atoms. The standard InChI is InChI=1S/C21H30O2Si/c1-20(2,3)24(4,5)23-21-14-10-9-13-17(21)15-18(21)19(22)16-11-7-6-8-12-16/h6-8,11-12,15,17H,9-10,13-14H2,1-5H3/t17-,21+/m0/s1. The monoisotopic (exact) mass is 342 g/mol. The van der Waals surface area contributed by atoms with Crippen LogP contribution in [0.5, 0.6) is 0 Å². The van der Waals surface area contributed by atoms with Crippen LogP contribution in [0, 0.1) is 5.92 Å². The van der Waals surface area contributed by atoms with Crippen molar-refractivity contribution in [2.45, 2.75) is 70.2 Å². The molecule has 130 valence electrons. The summed E-state index contributed by atoms with van der Waals surface area (Å²) in [5.41, 5.74) is 1.38. The van der Waals surface area contributed by atoms with E-state index in [1.165, 1.54) is 6.42 Å². The van der Waals surface area contributed by atoms with E-state index in [1.54, 1.807) is 0 Å². The third-order valence-electron chi connectivity index (χ3n) is 6.26. The Morgan fingerprint density at radius 1 is 1.17 bits per heavy atom. The Morgan fingerprint density at radius 2 is 1.83 bits per heavy atom. The molecule has 0 bridgehead atoms. The summed E-state index contributed by atoms with van der Waals surface area (Å²) in [5.74, 6) is 0.579. The SMILES string of the molecule is CC(C)(C)[Si](C)(C)O[C@]12CCCC[C@H]1C=C2C(=O)c1ccccc1. The Kier molecular flexibility index (Phi) is 4.38. The van der Waals surface area contributed by atoms with E-state index in [9.17, 15) is 4.79 Å². The molecule has 3 rings (SSSR count). The summed E-state index contributed by atoms with van der Waals surface area (Å²) in [4.78, 5) is 13.1. The minimum atomic E-state index is -1.94. The highest BCUT2D eigenvalue weighted by atomic mass is 28.4. The zero-order valence-electron chi connectivity index (χ0n) is 15.7. The van der Waals surface area contributed by atoms with Crippen molar-refractivity contribution in [3.63, 3.8) is 0 Å². The summed E-state index contributed by atoms with van der Waals surface area (Å²) in [7, 11) is -1.94. The fourth-order valence-electron chi connectivity index (χ4n) is 3.77. The molecule has 1 aromatic carbocycles. The van der Waals surface area contributed by atoms with Crippen molar-refractivity contribution < 1.29 is 9.22 Å². The van der Waals surface area contributed by atoms with E-state index in [1.807, 2.05) is 30.3 Å². The third-order valence-corrected chi connectivity index (χ3v) is 10.7. The number of fused-ring (bicyclic) bond motifs is 1. The summed E-state index contributed by atoms with van der Waals surface area (Å²) >= 11 is 0. The van der Waals surface area contributed by atoms with Gasteiger partial charge in [-0.1, -0.05) is 70.0 Å². The highest BCUT2D eigenvalue weighted by molar-refractivity contribution is 6.74. The van der Waals surface area contributed by atoms with E-state index in [-0.39, 0.29) is 16.4 Å². The molecule has 1 aromatic rings. The third kappa shape index (κ3) is 2.82. The van der Waals surface area contributed by atoms with Crippen LogP contribution in [0.4, 0.5) is 0 Å². The molecule has 1 fully saturated rings. The van der Waals surface area contributed by atoms with Crippen molar-refractivity contribution in [2.75, 3.05) is 0 Å². The van der Waals surface area contributed by atoms with Gasteiger partial charge in [-0.15, -0.1) is 0 Å². The highest BCUT2D eigenvalue weighted by Gasteiger charge is 2.56. The minimum absolute atomic E-state index is 0.153. The molecule has 0 unspecified atom stereocenters. The smallest absolute Gasteiger partial charge is 0.193 e. The highest BCUT2D eigenvalue weighted by Crippen LogP contribution is 2.54. The number of Topliss-reactive ketones (excluding diaryl/α,β-unsaturated/α-hetero) is 1. The molecule has 2 nitrogen and oxygen atoms in total. The summed E-state index contributed by atoms with van der Waals surface area (Å²) in [6, 6.07) is 9.66. The maximum Gasteiger partial charge on any atom is 0.193 e. The van der Waals surface area contributed by atoms with Crippen LogP contribution in [-0.2, 0) is 4.43 Å². The van der Waals surface area contributed by atoms with Crippen LogP contribution in [0.3, 0.4) is 0 Å². The summed E-state index contributed by atoms with van der Waals surface area (Å²) in [6.07, 6.45) is 6.75. The van der Waals surface area contributed by atoms with E-state index in [4.69, 9.17) is 4.43 Å². The van der Waals surface area contributed by atoms with Crippen LogP contribution in [0.15, 0.2) is 42.0 Å². The zero-order chi connectivity index (χ0) is 17.6. The number of carbonyl (C=O) groups is 1. The number of carbonyl (C=O) groups excluding carboxylic acids is 1. The first kappa shape index (κ1) is 17.6. The summed E-state index contributed by atoms with van der Waals surface area (Å²) < 4.78 is 6.93. The van der Waals surface area contributed by atoms with Crippen LogP contribution >= 0.6 is 0 Å². The van der Waals surface area contributed by atoms with Gasteiger partial charge in [0.05, 0.1) is 5.60 Å². The normalized spacial score (nSPS) is 27.0. The van der Waals surface area contributed by atoms with Crippen LogP contribution in [0.25, 0.3) is 0 Å². The van der Waals surface area contributed by atoms with Crippen molar-refractivity contribution in [3.05, 3.63) is 47.5 Å². The van der Waals surface area contributed by atoms with Gasteiger partial charge in [-0.05, 0) is 31.0 Å². The van der Waals surface area contributed by atoms with Gasteiger partial charge in [-0.25, -0.2) is 0 Å². The molecule has 1 saturated carbocycles. The maximum absolute atomic E-state index is 13.1. The van der Waals surface area contributed by atoms with Crippen molar-refractivity contribution in [2.24, 2.45) is 5.92 Å². The van der Waals surface area contributed by atoms with Crippen molar-refractivity contribution in [1.29, 1.82) is 0 Å². The Labute approximate surface area is 147 Å². The number of ketones is 1. The maximum atomic E-state index is 13.1. The first-order valence-electron chi connectivity index (χ1n) is 9.20. The second-order valence-electron chi connectivity index (χ2n) is 8.88. The van der Waals surface area contributed by atoms with Gasteiger partial charge in [0, 0.05) is 17.1 Å². The number of hydrogen-bond acceptors (Lipinski definition) is 2. The first-order chi connectivity index (χ1) is 11.2. The molecule has 2 aliphatic carbocycles. The van der Waals surface area contributed by atoms with Crippen LogP contribution in [-0.4, -0.2) is 19.7 Å². The number of hydrogen-bond donors (Lipinski definition) is 0. The lowest BCUT2D eigenvalue weighted by atomic mass is 9.61. The molecule has 0 saturated heterocycles. The topological polar surface area (TPSA) is 26.3 Å². The second-order valence-corrected chi connectivity index (χ2v) is 13.6. The summed E-state index contributed by atoms with van der Waals surface area (Å²) in [5, 5.41) is 0.153. The zero-order valence-corrected chi connectivity index (χ0v) is 16.7. The van der Waals surface area contributed by atoms with Crippen molar-refractivity contribution in [1.82, 2.24) is 0 Å². The van der Waals surface area contributed by atoms with Crippen molar-refractivity contribution >= 4 is 14.1 Å². The van der Waals surface area contributed by atoms with Gasteiger partial charge < -0.3 is 4.43 Å². The molecule has 24 heavy (non-hydrogen) atoms. The molecule has 0 amide bonds. The van der Waals surface area contributed by atoms with Crippen molar-refractivity contribution in [3.8, 4) is 0 Å². The van der Waals surface area contributed by atoms with Gasteiger partial charge in [-0.3, -0.25) is 4.79 Å². The Morgan fingerprint density at radius 3 is 2.42 bits per heavy atom. The lowest BCUT2D eigenvalue weighted by molar-refractivity contribution is -0.00676. The van der Waals surface area contributed by atoms with E-state index in [0.717, 1.165) is 30.4 Å². The van der Waals surface area contributed by atoms with Gasteiger partial charge in [0.1, 0.15) is 0 Å². The molecule has 0 N–H and O–H groups in total. The molecule has 0 aromatic heterocycles. The molecule has 0 radical (unpaired) electrons. The average molecular weight is 343 g/mol. The molecule has 0 aliphatic heterocycles. The molecule has 3 heteroatoms. The lowest BCUT2D eigenvalue weighted by Crippen LogP contribution is -2.60. The number of benzene rings is 1. The fourth-order valence-corrected chi connectivity index (χ4v) is 5.35. The summed E-state index contributed by atoms with van der Waals surface area (Å²) in [6.45, 7) is 11.4. The quantitative estimate of drug-likeness (QED) is 0.513. The van der Waals surface area contributed by atoms with E-state index in [2.05, 4.69) is 39.9 Å². The fraction of sp³-hybridized carbons (Fsp3) is 0.571. The van der Waals surface area contributed by atoms with Crippen LogP contribution in [0.1, 0.15) is 56.8 Å². The lowest BCUT2D eigenvalue weighted by Gasteiger charge is -2.56. The predicted octanol–water partition coefficient (Wildman–Crippen LogP) is 5.76. The van der Waals surface area contributed by atoms with Crippen LogP contribution in [0.2, 0.25) is 18.1 Å². The largest absolute Gasteiger partial charge is 0.407 e. The predicted molar refractivity (Wildman–Crippen MR) is 102 cm³/mol. The first-order valence-corrected chi connectivity index (χ1v) is 12.1. The number of rotatable bonds is 4. The molecular weight excluding hydrogens is 312 g/mol. The van der Waals surface area contributed by atoms with Gasteiger partial charge >= 0.3 is 0 Å². The van der Waals surface area contributed by atoms with E-state index >= 15 is 0 Å². The molecular formula is C21H30O2Si. The Balaban J connectivity index is 1.94. The van der Waals surface area contributed by atoms with Gasteiger partial charge in [-0.2, -0.15) is 0 Å². The van der Waals surface area contributed by atoms with E-state index < -0.39 is 8.32 Å². The second kappa shape index (κ2) is 5.96. The molecule has 2 aliphatic rings. The molecule has 2 atom stereocenters. The van der Waals surface area contributed by atoms with E-state index in [0.29, 0.717) is 5.92 Å². The minimum Gasteiger partial charge on any atom is -0.407 e.